The molecule has 92 valence electrons. The number of halogens is 1. The fraction of sp³-hybridized carbons (Fsp3) is 0.400. The highest BCUT2D eigenvalue weighted by Crippen LogP contribution is 2.39. The first kappa shape index (κ1) is 12.5. The third-order valence-corrected chi connectivity index (χ3v) is 2.88. The van der Waals surface area contributed by atoms with Crippen molar-refractivity contribution in [3.05, 3.63) is 17.7 Å². The highest BCUT2D eigenvalue weighted by atomic mass is 35.5. The zero-order valence-electron chi connectivity index (χ0n) is 9.09. The maximum absolute atomic E-state index is 9.71. The smallest absolute Gasteiger partial charge is 0.486 e. The molecule has 1 atom stereocenters. The van der Waals surface area contributed by atoms with Crippen LogP contribution in [0.25, 0.3) is 0 Å². The highest BCUT2D eigenvalue weighted by Gasteiger charge is 2.38. The molecule has 0 radical (unpaired) electrons. The fourth-order valence-electron chi connectivity index (χ4n) is 2.17. The van der Waals surface area contributed by atoms with Crippen LogP contribution in [0.15, 0.2) is 12.1 Å². The number of fused-ring (bicyclic) bond motifs is 3. The molecule has 3 N–H and O–H groups in total. The molecule has 0 amide bonds. The van der Waals surface area contributed by atoms with Crippen molar-refractivity contribution in [1.29, 1.82) is 0 Å². The number of hydrogen-bond donors (Lipinski definition) is 2. The molecule has 0 aliphatic carbocycles. The van der Waals surface area contributed by atoms with E-state index in [2.05, 4.69) is 0 Å². The molecular weight excluding hydrogens is 244 g/mol. The minimum atomic E-state index is -0.917. The van der Waals surface area contributed by atoms with Gasteiger partial charge in [0.15, 0.2) is 11.5 Å². The van der Waals surface area contributed by atoms with E-state index in [1.54, 1.807) is 12.1 Å². The minimum Gasteiger partial charge on any atom is -0.486 e. The summed E-state index contributed by atoms with van der Waals surface area (Å²) >= 11 is 0. The molecule has 0 fully saturated rings. The van der Waals surface area contributed by atoms with Crippen molar-refractivity contribution in [3.8, 4) is 11.5 Å². The number of nitrogens with two attached hydrogens (primary N) is 1. The summed E-state index contributed by atoms with van der Waals surface area (Å²) < 4.78 is 16.4. The molecule has 0 saturated carbocycles. The lowest BCUT2D eigenvalue weighted by molar-refractivity contribution is 0.157. The van der Waals surface area contributed by atoms with Gasteiger partial charge in [-0.15, -0.1) is 12.4 Å². The van der Waals surface area contributed by atoms with Gasteiger partial charge in [0.2, 0.25) is 0 Å². The van der Waals surface area contributed by atoms with Gasteiger partial charge in [0.05, 0.1) is 6.10 Å². The molecule has 2 heterocycles. The fourth-order valence-corrected chi connectivity index (χ4v) is 2.17. The van der Waals surface area contributed by atoms with Gasteiger partial charge in [-0.3, -0.25) is 0 Å². The molecular formula is C10H13BClNO4. The second-order valence-electron chi connectivity index (χ2n) is 3.81. The molecule has 1 aromatic carbocycles. The van der Waals surface area contributed by atoms with Crippen molar-refractivity contribution in [2.24, 2.45) is 5.73 Å². The number of benzene rings is 1. The van der Waals surface area contributed by atoms with E-state index in [0.29, 0.717) is 31.3 Å². The molecule has 2 aliphatic rings. The van der Waals surface area contributed by atoms with Crippen LogP contribution < -0.4 is 20.7 Å². The van der Waals surface area contributed by atoms with Crippen molar-refractivity contribution in [2.75, 3.05) is 19.8 Å². The van der Waals surface area contributed by atoms with E-state index < -0.39 is 7.12 Å². The van der Waals surface area contributed by atoms with Crippen molar-refractivity contribution >= 4 is 25.0 Å². The summed E-state index contributed by atoms with van der Waals surface area (Å²) in [5.74, 6) is 1.36. The maximum Gasteiger partial charge on any atom is 0.492 e. The molecule has 0 spiro atoms. The van der Waals surface area contributed by atoms with Crippen LogP contribution in [-0.2, 0) is 4.65 Å². The normalized spacial score (nSPS) is 20.8. The minimum absolute atomic E-state index is 0. The zero-order chi connectivity index (χ0) is 11.1. The topological polar surface area (TPSA) is 73.9 Å². The van der Waals surface area contributed by atoms with Crippen LogP contribution >= 0.6 is 12.4 Å². The van der Waals surface area contributed by atoms with Crippen LogP contribution in [-0.4, -0.2) is 31.9 Å². The maximum atomic E-state index is 9.71. The van der Waals surface area contributed by atoms with Crippen LogP contribution in [0, 0.1) is 0 Å². The molecule has 1 aromatic rings. The predicted molar refractivity (Wildman–Crippen MR) is 65.2 cm³/mol. The molecule has 5 nitrogen and oxygen atoms in total. The summed E-state index contributed by atoms with van der Waals surface area (Å²) in [6.07, 6.45) is -0.318. The molecule has 0 saturated heterocycles. The SMILES string of the molecule is Cl.NCC1OB(O)c2ccc3c(c21)OCCO3. The lowest BCUT2D eigenvalue weighted by Crippen LogP contribution is -2.29. The Morgan fingerprint density at radius 2 is 2.12 bits per heavy atom. The second kappa shape index (κ2) is 4.74. The lowest BCUT2D eigenvalue weighted by Gasteiger charge is -2.22. The Labute approximate surface area is 105 Å². The first-order valence-electron chi connectivity index (χ1n) is 5.27. The van der Waals surface area contributed by atoms with E-state index in [9.17, 15) is 5.02 Å². The number of ether oxygens (including phenoxy) is 2. The second-order valence-corrected chi connectivity index (χ2v) is 3.81. The molecule has 0 aromatic heterocycles. The van der Waals surface area contributed by atoms with Crippen LogP contribution in [0.1, 0.15) is 11.7 Å². The summed E-state index contributed by atoms with van der Waals surface area (Å²) in [6.45, 7) is 1.36. The first-order chi connectivity index (χ1) is 7.81. The van der Waals surface area contributed by atoms with Gasteiger partial charge < -0.3 is 24.9 Å². The third kappa shape index (κ3) is 1.87. The largest absolute Gasteiger partial charge is 0.492 e. The van der Waals surface area contributed by atoms with Crippen LogP contribution in [0.2, 0.25) is 0 Å². The Bertz CT molecular complexity index is 431. The molecule has 7 heteroatoms. The molecule has 0 bridgehead atoms. The van der Waals surface area contributed by atoms with Crippen molar-refractivity contribution < 1.29 is 19.2 Å². The quantitative estimate of drug-likeness (QED) is 0.670. The van der Waals surface area contributed by atoms with E-state index in [0.717, 1.165) is 11.0 Å². The third-order valence-electron chi connectivity index (χ3n) is 2.88. The van der Waals surface area contributed by atoms with Crippen LogP contribution in [0.3, 0.4) is 0 Å². The van der Waals surface area contributed by atoms with E-state index in [1.807, 2.05) is 0 Å². The van der Waals surface area contributed by atoms with Crippen molar-refractivity contribution in [3.63, 3.8) is 0 Å². The summed E-state index contributed by atoms with van der Waals surface area (Å²) in [4.78, 5) is 0. The van der Waals surface area contributed by atoms with E-state index in [1.165, 1.54) is 0 Å². The van der Waals surface area contributed by atoms with Gasteiger partial charge in [0.1, 0.15) is 13.2 Å². The summed E-state index contributed by atoms with van der Waals surface area (Å²) in [5.41, 5.74) is 7.16. The van der Waals surface area contributed by atoms with E-state index in [4.69, 9.17) is 19.9 Å². The van der Waals surface area contributed by atoms with Crippen molar-refractivity contribution in [1.82, 2.24) is 0 Å². The van der Waals surface area contributed by atoms with Crippen LogP contribution in [0.4, 0.5) is 0 Å². The number of hydrogen-bond acceptors (Lipinski definition) is 5. The molecule has 1 unspecified atom stereocenters. The summed E-state index contributed by atoms with van der Waals surface area (Å²) in [7, 11) is -0.917. The summed E-state index contributed by atoms with van der Waals surface area (Å²) in [5, 5.41) is 9.71. The van der Waals surface area contributed by atoms with E-state index >= 15 is 0 Å². The monoisotopic (exact) mass is 257 g/mol. The molecule has 3 rings (SSSR count). The highest BCUT2D eigenvalue weighted by molar-refractivity contribution is 6.62. The van der Waals surface area contributed by atoms with Gasteiger partial charge in [-0.2, -0.15) is 0 Å². The Morgan fingerprint density at radius 1 is 1.35 bits per heavy atom. The van der Waals surface area contributed by atoms with Gasteiger partial charge in [-0.1, -0.05) is 6.07 Å². The standard InChI is InChI=1S/C10H12BNO4.ClH/c12-5-8-9-6(11(13)16-8)1-2-7-10(9)15-4-3-14-7;/h1-2,8,13H,3-5,12H2;1H. The van der Waals surface area contributed by atoms with Gasteiger partial charge in [0, 0.05) is 12.1 Å². The molecule has 2 aliphatic heterocycles. The van der Waals surface area contributed by atoms with Gasteiger partial charge >= 0.3 is 7.12 Å². The average Bonchev–Trinajstić information content (AvgIpc) is 2.66. The van der Waals surface area contributed by atoms with Gasteiger partial charge in [-0.25, -0.2) is 0 Å². The average molecular weight is 257 g/mol. The lowest BCUT2D eigenvalue weighted by atomic mass is 9.79. The van der Waals surface area contributed by atoms with Gasteiger partial charge in [0.25, 0.3) is 0 Å². The van der Waals surface area contributed by atoms with Crippen molar-refractivity contribution in [2.45, 2.75) is 6.10 Å². The van der Waals surface area contributed by atoms with Crippen LogP contribution in [0.5, 0.6) is 11.5 Å². The van der Waals surface area contributed by atoms with E-state index in [-0.39, 0.29) is 18.5 Å². The predicted octanol–water partition coefficient (Wildman–Crippen LogP) is -0.403. The molecule has 17 heavy (non-hydrogen) atoms. The number of rotatable bonds is 1. The first-order valence-corrected chi connectivity index (χ1v) is 5.27. The Morgan fingerprint density at radius 3 is 2.88 bits per heavy atom. The van der Waals surface area contributed by atoms with Gasteiger partial charge in [-0.05, 0) is 11.5 Å². The summed E-state index contributed by atoms with van der Waals surface area (Å²) in [6, 6.07) is 3.59. The Kier molecular flexibility index (Phi) is 3.49. The Balaban J connectivity index is 0.00000108. The zero-order valence-corrected chi connectivity index (χ0v) is 9.90. The Hall–Kier alpha value is -0.945.